The van der Waals surface area contributed by atoms with Gasteiger partial charge in [0.2, 0.25) is 0 Å². The fraction of sp³-hybridized carbons (Fsp3) is 0.889. The van der Waals surface area contributed by atoms with Crippen LogP contribution in [0.5, 0.6) is 0 Å². The van der Waals surface area contributed by atoms with Gasteiger partial charge in [-0.2, -0.15) is 0 Å². The minimum absolute atomic E-state index is 0.321. The molecule has 0 bridgehead atoms. The number of likely N-dealkylation sites (tertiary alicyclic amines) is 1. The molecule has 12 heavy (non-hydrogen) atoms. The van der Waals surface area contributed by atoms with Crippen molar-refractivity contribution in [3.63, 3.8) is 0 Å². The second-order valence-corrected chi connectivity index (χ2v) is 3.69. The highest BCUT2D eigenvalue weighted by molar-refractivity contribution is 5.51. The zero-order valence-electron chi connectivity index (χ0n) is 7.70. The summed E-state index contributed by atoms with van der Waals surface area (Å²) in [6.07, 6.45) is 3.12. The fourth-order valence-corrected chi connectivity index (χ4v) is 1.62. The van der Waals surface area contributed by atoms with E-state index in [1.165, 1.54) is 0 Å². The Balaban J connectivity index is 2.38. The largest absolute Gasteiger partial charge is 0.327 e. The van der Waals surface area contributed by atoms with Crippen LogP contribution in [-0.4, -0.2) is 36.9 Å². The second-order valence-electron chi connectivity index (χ2n) is 3.69. The first-order chi connectivity index (χ1) is 5.74. The maximum absolute atomic E-state index is 10.3. The topological polar surface area (TPSA) is 46.3 Å². The summed E-state index contributed by atoms with van der Waals surface area (Å²) in [7, 11) is 0. The summed E-state index contributed by atoms with van der Waals surface area (Å²) < 4.78 is 0. The number of nitrogens with two attached hydrogens (primary N) is 1. The molecule has 2 unspecified atom stereocenters. The summed E-state index contributed by atoms with van der Waals surface area (Å²) >= 11 is 0. The number of nitrogens with zero attached hydrogens (tertiary/aromatic N) is 1. The molecular weight excluding hydrogens is 152 g/mol. The van der Waals surface area contributed by atoms with Gasteiger partial charge >= 0.3 is 0 Å². The molecule has 1 rings (SSSR count). The first-order valence-electron chi connectivity index (χ1n) is 4.65. The average Bonchev–Trinajstić information content (AvgIpc) is 2.20. The van der Waals surface area contributed by atoms with Crippen molar-refractivity contribution in [2.45, 2.75) is 25.8 Å². The van der Waals surface area contributed by atoms with Gasteiger partial charge in [-0.15, -0.1) is 0 Å². The van der Waals surface area contributed by atoms with Gasteiger partial charge in [0.15, 0.2) is 0 Å². The number of rotatable bonds is 2. The SMILES string of the molecule is CC1CCN(CC=O)CCC1N. The molecule has 1 aliphatic rings. The molecule has 2 N–H and O–H groups in total. The molecule has 0 saturated carbocycles. The van der Waals surface area contributed by atoms with Crippen LogP contribution >= 0.6 is 0 Å². The average molecular weight is 170 g/mol. The molecule has 2 atom stereocenters. The molecule has 0 aromatic rings. The third kappa shape index (κ3) is 2.57. The molecule has 3 heteroatoms. The van der Waals surface area contributed by atoms with E-state index in [-0.39, 0.29) is 0 Å². The highest BCUT2D eigenvalue weighted by Crippen LogP contribution is 2.14. The van der Waals surface area contributed by atoms with Gasteiger partial charge in [0.05, 0.1) is 6.54 Å². The Morgan fingerprint density at radius 3 is 2.83 bits per heavy atom. The Labute approximate surface area is 73.9 Å². The van der Waals surface area contributed by atoms with Gasteiger partial charge in [-0.3, -0.25) is 4.90 Å². The van der Waals surface area contributed by atoms with Crippen molar-refractivity contribution in [1.29, 1.82) is 0 Å². The molecule has 0 aliphatic carbocycles. The first-order valence-corrected chi connectivity index (χ1v) is 4.65. The Kier molecular flexibility index (Phi) is 3.69. The van der Waals surface area contributed by atoms with E-state index in [1.54, 1.807) is 0 Å². The third-order valence-electron chi connectivity index (χ3n) is 2.74. The van der Waals surface area contributed by atoms with E-state index in [0.717, 1.165) is 32.2 Å². The van der Waals surface area contributed by atoms with Crippen molar-refractivity contribution in [3.05, 3.63) is 0 Å². The number of hydrogen-bond donors (Lipinski definition) is 1. The van der Waals surface area contributed by atoms with Gasteiger partial charge in [-0.05, 0) is 25.3 Å². The lowest BCUT2D eigenvalue weighted by atomic mass is 9.98. The van der Waals surface area contributed by atoms with Gasteiger partial charge in [0.25, 0.3) is 0 Å². The lowest BCUT2D eigenvalue weighted by Crippen LogP contribution is -2.29. The maximum Gasteiger partial charge on any atom is 0.133 e. The minimum atomic E-state index is 0.321. The van der Waals surface area contributed by atoms with Crippen LogP contribution in [0.1, 0.15) is 19.8 Å². The molecule has 0 spiro atoms. The standard InChI is InChI=1S/C9H18N2O/c1-8-2-4-11(6-7-12)5-3-9(8)10/h7-9H,2-6,10H2,1H3. The fourth-order valence-electron chi connectivity index (χ4n) is 1.62. The van der Waals surface area contributed by atoms with Crippen LogP contribution in [0.4, 0.5) is 0 Å². The summed E-state index contributed by atoms with van der Waals surface area (Å²) in [5.74, 6) is 0.599. The Morgan fingerprint density at radius 2 is 2.17 bits per heavy atom. The van der Waals surface area contributed by atoms with Crippen LogP contribution in [-0.2, 0) is 4.79 Å². The van der Waals surface area contributed by atoms with E-state index in [2.05, 4.69) is 11.8 Å². The summed E-state index contributed by atoms with van der Waals surface area (Å²) in [6, 6.07) is 0.321. The molecule has 70 valence electrons. The van der Waals surface area contributed by atoms with E-state index in [1.807, 2.05) is 0 Å². The van der Waals surface area contributed by atoms with Crippen LogP contribution in [0.2, 0.25) is 0 Å². The van der Waals surface area contributed by atoms with Crippen molar-refractivity contribution < 1.29 is 4.79 Å². The molecular formula is C9H18N2O. The van der Waals surface area contributed by atoms with Gasteiger partial charge in [0, 0.05) is 12.6 Å². The number of carbonyl (C=O) groups excluding carboxylic acids is 1. The molecule has 0 aromatic carbocycles. The zero-order valence-corrected chi connectivity index (χ0v) is 7.70. The summed E-state index contributed by atoms with van der Waals surface area (Å²) in [5, 5.41) is 0. The normalized spacial score (nSPS) is 32.8. The van der Waals surface area contributed by atoms with Crippen molar-refractivity contribution in [3.8, 4) is 0 Å². The van der Waals surface area contributed by atoms with Crippen molar-refractivity contribution in [2.75, 3.05) is 19.6 Å². The molecule has 1 fully saturated rings. The molecule has 0 amide bonds. The van der Waals surface area contributed by atoms with Crippen molar-refractivity contribution in [1.82, 2.24) is 4.90 Å². The molecule has 0 aromatic heterocycles. The van der Waals surface area contributed by atoms with E-state index < -0.39 is 0 Å². The molecule has 1 saturated heterocycles. The maximum atomic E-state index is 10.3. The number of carbonyl (C=O) groups is 1. The van der Waals surface area contributed by atoms with E-state index in [4.69, 9.17) is 5.73 Å². The van der Waals surface area contributed by atoms with Gasteiger partial charge in [-0.25, -0.2) is 0 Å². The molecule has 1 aliphatic heterocycles. The van der Waals surface area contributed by atoms with Crippen LogP contribution in [0, 0.1) is 5.92 Å². The monoisotopic (exact) mass is 170 g/mol. The van der Waals surface area contributed by atoms with E-state index in [0.29, 0.717) is 18.5 Å². The lowest BCUT2D eigenvalue weighted by Gasteiger charge is -2.15. The highest BCUT2D eigenvalue weighted by atomic mass is 16.1. The highest BCUT2D eigenvalue weighted by Gasteiger charge is 2.19. The molecule has 0 radical (unpaired) electrons. The Morgan fingerprint density at radius 1 is 1.50 bits per heavy atom. The molecule has 1 heterocycles. The van der Waals surface area contributed by atoms with E-state index in [9.17, 15) is 4.79 Å². The van der Waals surface area contributed by atoms with Crippen LogP contribution < -0.4 is 5.73 Å². The van der Waals surface area contributed by atoms with Gasteiger partial charge in [0.1, 0.15) is 6.29 Å². The summed E-state index contributed by atoms with van der Waals surface area (Å²) in [5.41, 5.74) is 5.92. The lowest BCUT2D eigenvalue weighted by molar-refractivity contribution is -0.108. The van der Waals surface area contributed by atoms with Gasteiger partial charge in [-0.1, -0.05) is 6.92 Å². The quantitative estimate of drug-likeness (QED) is 0.604. The number of aldehydes is 1. The second kappa shape index (κ2) is 4.58. The third-order valence-corrected chi connectivity index (χ3v) is 2.74. The van der Waals surface area contributed by atoms with Crippen LogP contribution in [0.15, 0.2) is 0 Å². The van der Waals surface area contributed by atoms with Crippen LogP contribution in [0.25, 0.3) is 0 Å². The summed E-state index contributed by atoms with van der Waals surface area (Å²) in [4.78, 5) is 12.5. The van der Waals surface area contributed by atoms with E-state index >= 15 is 0 Å². The predicted molar refractivity (Wildman–Crippen MR) is 48.9 cm³/mol. The summed E-state index contributed by atoms with van der Waals surface area (Å²) in [6.45, 7) is 4.76. The Bertz CT molecular complexity index is 137. The van der Waals surface area contributed by atoms with Crippen molar-refractivity contribution >= 4 is 6.29 Å². The van der Waals surface area contributed by atoms with Gasteiger partial charge < -0.3 is 10.5 Å². The van der Waals surface area contributed by atoms with Crippen molar-refractivity contribution in [2.24, 2.45) is 11.7 Å². The smallest absolute Gasteiger partial charge is 0.133 e. The zero-order chi connectivity index (χ0) is 8.97. The minimum Gasteiger partial charge on any atom is -0.327 e. The predicted octanol–water partition coefficient (Wildman–Crippen LogP) is 0.244. The first kappa shape index (κ1) is 9.68. The molecule has 3 nitrogen and oxygen atoms in total. The Hall–Kier alpha value is -0.410. The van der Waals surface area contributed by atoms with Crippen LogP contribution in [0.3, 0.4) is 0 Å². The number of hydrogen-bond acceptors (Lipinski definition) is 3.